The number of nitrogens with zero attached hydrogens (tertiary/aromatic N) is 3. The first-order valence-electron chi connectivity index (χ1n) is 10.8. The molecule has 0 radical (unpaired) electrons. The maximum absolute atomic E-state index is 12.9. The molecular formula is C23H26F2N4O3. The number of hydrogen-bond acceptors (Lipinski definition) is 4. The van der Waals surface area contributed by atoms with Crippen LogP contribution in [0, 0.1) is 0 Å². The molecule has 3 amide bonds. The molecule has 2 fully saturated rings. The molecule has 2 aliphatic rings. The number of amides is 3. The molecule has 1 N–H and O–H groups in total. The number of carbonyl (C=O) groups is 2. The van der Waals surface area contributed by atoms with Crippen LogP contribution < -0.4 is 10.2 Å². The van der Waals surface area contributed by atoms with Gasteiger partial charge in [-0.15, -0.1) is 0 Å². The molecule has 9 heteroatoms. The average molecular weight is 444 g/mol. The van der Waals surface area contributed by atoms with Crippen molar-refractivity contribution < 1.29 is 23.1 Å². The summed E-state index contributed by atoms with van der Waals surface area (Å²) in [4.78, 5) is 32.3. The Morgan fingerprint density at radius 3 is 2.50 bits per heavy atom. The standard InChI is InChI=1S/C23H26F2N4O3/c24-21(25)17-6-11-20(26-14-17)29-13-12-28(23(29)31)19-9-7-18(8-10-19)27-22(30)32-15-16-4-2-1-3-5-16/h1-6,11,14,18-19,21H,7-10,12-13,15H2,(H,27,30)/t18-,19-. The van der Waals surface area contributed by atoms with Crippen molar-refractivity contribution in [2.24, 2.45) is 0 Å². The van der Waals surface area contributed by atoms with Crippen molar-refractivity contribution in [1.82, 2.24) is 15.2 Å². The zero-order valence-corrected chi connectivity index (χ0v) is 17.6. The second-order valence-corrected chi connectivity index (χ2v) is 8.09. The van der Waals surface area contributed by atoms with E-state index in [1.54, 1.807) is 0 Å². The quantitative estimate of drug-likeness (QED) is 0.712. The van der Waals surface area contributed by atoms with Crippen molar-refractivity contribution >= 4 is 17.9 Å². The normalized spacial score (nSPS) is 21.2. The number of benzene rings is 1. The second-order valence-electron chi connectivity index (χ2n) is 8.09. The molecule has 1 aromatic carbocycles. The van der Waals surface area contributed by atoms with Crippen LogP contribution in [-0.2, 0) is 11.3 Å². The van der Waals surface area contributed by atoms with Gasteiger partial charge < -0.3 is 15.0 Å². The van der Waals surface area contributed by atoms with Gasteiger partial charge in [0.15, 0.2) is 0 Å². The molecule has 1 saturated carbocycles. The molecule has 0 atom stereocenters. The highest BCUT2D eigenvalue weighted by Gasteiger charge is 2.37. The third kappa shape index (κ3) is 5.15. The molecule has 1 aromatic heterocycles. The van der Waals surface area contributed by atoms with E-state index in [4.69, 9.17) is 4.74 Å². The van der Waals surface area contributed by atoms with Gasteiger partial charge in [-0.2, -0.15) is 0 Å². The Kier molecular flexibility index (Phi) is 6.82. The molecule has 0 bridgehead atoms. The van der Waals surface area contributed by atoms with Gasteiger partial charge in [-0.25, -0.2) is 23.4 Å². The van der Waals surface area contributed by atoms with E-state index in [2.05, 4.69) is 10.3 Å². The average Bonchev–Trinajstić information content (AvgIpc) is 3.20. The Morgan fingerprint density at radius 1 is 1.09 bits per heavy atom. The number of rotatable bonds is 6. The molecule has 32 heavy (non-hydrogen) atoms. The van der Waals surface area contributed by atoms with E-state index in [1.165, 1.54) is 17.0 Å². The first-order chi connectivity index (χ1) is 15.5. The number of ether oxygens (including phenoxy) is 1. The zero-order valence-electron chi connectivity index (χ0n) is 17.6. The number of alkyl carbamates (subject to hydrolysis) is 1. The lowest BCUT2D eigenvalue weighted by Crippen LogP contribution is -2.45. The Balaban J connectivity index is 1.23. The van der Waals surface area contributed by atoms with Gasteiger partial charge in [-0.05, 0) is 43.4 Å². The van der Waals surface area contributed by atoms with Crippen molar-refractivity contribution in [2.45, 2.75) is 50.8 Å². The monoisotopic (exact) mass is 444 g/mol. The number of pyridine rings is 1. The van der Waals surface area contributed by atoms with Gasteiger partial charge in [0.05, 0.1) is 0 Å². The van der Waals surface area contributed by atoms with Crippen molar-refractivity contribution in [3.8, 4) is 0 Å². The minimum atomic E-state index is -2.58. The highest BCUT2D eigenvalue weighted by atomic mass is 19.3. The van der Waals surface area contributed by atoms with Crippen LogP contribution in [0.3, 0.4) is 0 Å². The lowest BCUT2D eigenvalue weighted by molar-refractivity contribution is 0.127. The Labute approximate surface area is 185 Å². The molecule has 7 nitrogen and oxygen atoms in total. The summed E-state index contributed by atoms with van der Waals surface area (Å²) in [5.41, 5.74) is 0.771. The third-order valence-corrected chi connectivity index (χ3v) is 6.01. The number of hydrogen-bond donors (Lipinski definition) is 1. The molecule has 0 spiro atoms. The first-order valence-corrected chi connectivity index (χ1v) is 10.8. The topological polar surface area (TPSA) is 74.8 Å². The van der Waals surface area contributed by atoms with Gasteiger partial charge in [0.25, 0.3) is 6.43 Å². The van der Waals surface area contributed by atoms with Gasteiger partial charge in [0.1, 0.15) is 12.4 Å². The molecule has 170 valence electrons. The molecule has 1 saturated heterocycles. The number of nitrogens with one attached hydrogen (secondary N) is 1. The van der Waals surface area contributed by atoms with Gasteiger partial charge in [0.2, 0.25) is 0 Å². The van der Waals surface area contributed by atoms with Crippen LogP contribution in [0.4, 0.5) is 24.2 Å². The number of carbonyl (C=O) groups excluding carboxylic acids is 2. The first kappa shape index (κ1) is 22.0. The van der Waals surface area contributed by atoms with E-state index in [1.807, 2.05) is 35.2 Å². The highest BCUT2D eigenvalue weighted by molar-refractivity contribution is 5.93. The summed E-state index contributed by atoms with van der Waals surface area (Å²) in [6.45, 7) is 1.27. The van der Waals surface area contributed by atoms with E-state index in [-0.39, 0.29) is 30.3 Å². The van der Waals surface area contributed by atoms with Crippen LogP contribution in [-0.4, -0.2) is 47.2 Å². The smallest absolute Gasteiger partial charge is 0.407 e. The number of alkyl halides is 2. The molecule has 1 aliphatic carbocycles. The predicted octanol–water partition coefficient (Wildman–Crippen LogP) is 4.50. The van der Waals surface area contributed by atoms with Gasteiger partial charge in [0, 0.05) is 36.9 Å². The number of aromatic nitrogens is 1. The number of halogens is 2. The number of urea groups is 1. The Morgan fingerprint density at radius 2 is 1.84 bits per heavy atom. The second kappa shape index (κ2) is 9.93. The summed E-state index contributed by atoms with van der Waals surface area (Å²) >= 11 is 0. The fourth-order valence-electron chi connectivity index (χ4n) is 4.25. The van der Waals surface area contributed by atoms with Gasteiger partial charge >= 0.3 is 12.1 Å². The fourth-order valence-corrected chi connectivity index (χ4v) is 4.25. The van der Waals surface area contributed by atoms with E-state index < -0.39 is 12.5 Å². The molecule has 1 aliphatic heterocycles. The highest BCUT2D eigenvalue weighted by Crippen LogP contribution is 2.28. The summed E-state index contributed by atoms with van der Waals surface area (Å²) in [7, 11) is 0. The van der Waals surface area contributed by atoms with Crippen molar-refractivity contribution in [3.05, 3.63) is 59.8 Å². The number of anilines is 1. The van der Waals surface area contributed by atoms with Crippen molar-refractivity contribution in [1.29, 1.82) is 0 Å². The Bertz CT molecular complexity index is 919. The van der Waals surface area contributed by atoms with Crippen LogP contribution in [0.1, 0.15) is 43.2 Å². The zero-order chi connectivity index (χ0) is 22.5. The maximum atomic E-state index is 12.9. The summed E-state index contributed by atoms with van der Waals surface area (Å²) in [6, 6.07) is 12.2. The van der Waals surface area contributed by atoms with Gasteiger partial charge in [-0.3, -0.25) is 4.90 Å². The summed E-state index contributed by atoms with van der Waals surface area (Å²) in [6.07, 6.45) is 1.18. The fraction of sp³-hybridized carbons (Fsp3) is 0.435. The largest absolute Gasteiger partial charge is 0.445 e. The molecule has 2 heterocycles. The van der Waals surface area contributed by atoms with Crippen LogP contribution >= 0.6 is 0 Å². The van der Waals surface area contributed by atoms with Crippen LogP contribution in [0.5, 0.6) is 0 Å². The maximum Gasteiger partial charge on any atom is 0.407 e. The summed E-state index contributed by atoms with van der Waals surface area (Å²) < 4.78 is 30.7. The van der Waals surface area contributed by atoms with E-state index in [9.17, 15) is 18.4 Å². The molecule has 0 unspecified atom stereocenters. The third-order valence-electron chi connectivity index (χ3n) is 6.01. The summed E-state index contributed by atoms with van der Waals surface area (Å²) in [5, 5.41) is 2.91. The molecule has 4 rings (SSSR count). The van der Waals surface area contributed by atoms with Gasteiger partial charge in [-0.1, -0.05) is 30.3 Å². The van der Waals surface area contributed by atoms with Crippen molar-refractivity contribution in [3.63, 3.8) is 0 Å². The lowest BCUT2D eigenvalue weighted by Gasteiger charge is -2.34. The minimum Gasteiger partial charge on any atom is -0.445 e. The molecule has 2 aromatic rings. The van der Waals surface area contributed by atoms with E-state index in [0.717, 1.165) is 37.4 Å². The van der Waals surface area contributed by atoms with Crippen molar-refractivity contribution in [2.75, 3.05) is 18.0 Å². The van der Waals surface area contributed by atoms with E-state index in [0.29, 0.717) is 18.9 Å². The SMILES string of the molecule is O=C(N[C@H]1CC[C@H](N2CCN(c3ccc(C(F)F)cn3)C2=O)CC1)OCc1ccccc1. The van der Waals surface area contributed by atoms with Crippen LogP contribution in [0.2, 0.25) is 0 Å². The Hall–Kier alpha value is -3.23. The minimum absolute atomic E-state index is 0.0203. The summed E-state index contributed by atoms with van der Waals surface area (Å²) in [5.74, 6) is 0.387. The molecular weight excluding hydrogens is 418 g/mol. The van der Waals surface area contributed by atoms with Crippen LogP contribution in [0.25, 0.3) is 0 Å². The lowest BCUT2D eigenvalue weighted by atomic mass is 9.90. The predicted molar refractivity (Wildman–Crippen MR) is 114 cm³/mol. The van der Waals surface area contributed by atoms with E-state index >= 15 is 0 Å². The van der Waals surface area contributed by atoms with Crippen LogP contribution in [0.15, 0.2) is 48.7 Å².